The number of hydrogen-bond acceptors (Lipinski definition) is 5. The molecule has 4 rings (SSSR count). The first-order valence-corrected chi connectivity index (χ1v) is 9.88. The minimum atomic E-state index is 0.0715. The third-order valence-electron chi connectivity index (χ3n) is 5.43. The van der Waals surface area contributed by atoms with E-state index in [-0.39, 0.29) is 5.91 Å². The molecule has 7 heteroatoms. The lowest BCUT2D eigenvalue weighted by Gasteiger charge is -2.32. The van der Waals surface area contributed by atoms with Crippen LogP contribution in [0.1, 0.15) is 35.5 Å². The lowest BCUT2D eigenvalue weighted by molar-refractivity contribution is 0.0684. The van der Waals surface area contributed by atoms with Crippen molar-refractivity contribution in [3.63, 3.8) is 0 Å². The number of carbonyl (C=O) groups is 1. The molecule has 0 unspecified atom stereocenters. The molecule has 1 aromatic carbocycles. The highest BCUT2D eigenvalue weighted by atomic mass is 16.5. The van der Waals surface area contributed by atoms with E-state index in [9.17, 15) is 4.79 Å². The first-order chi connectivity index (χ1) is 13.7. The number of oxazole rings is 1. The van der Waals surface area contributed by atoms with Crippen LogP contribution >= 0.6 is 0 Å². The minimum Gasteiger partial charge on any atom is -0.441 e. The van der Waals surface area contributed by atoms with Crippen molar-refractivity contribution in [3.8, 4) is 0 Å². The number of fused-ring (bicyclic) bond motifs is 1. The number of nitrogens with zero attached hydrogens (tertiary/aromatic N) is 4. The van der Waals surface area contributed by atoms with Gasteiger partial charge in [-0.1, -0.05) is 0 Å². The van der Waals surface area contributed by atoms with E-state index in [0.717, 1.165) is 44.4 Å². The monoisotopic (exact) mass is 382 g/mol. The van der Waals surface area contributed by atoms with Crippen LogP contribution in [0.3, 0.4) is 0 Å². The Kier molecular flexibility index (Phi) is 5.71. The number of likely N-dealkylation sites (tertiary alicyclic amines) is 1. The Morgan fingerprint density at radius 1 is 1.32 bits per heavy atom. The molecule has 1 aliphatic rings. The van der Waals surface area contributed by atoms with Gasteiger partial charge in [0, 0.05) is 51.1 Å². The number of piperidine rings is 1. The average Bonchev–Trinajstić information content (AvgIpc) is 3.39. The zero-order chi connectivity index (χ0) is 19.3. The van der Waals surface area contributed by atoms with E-state index in [0.29, 0.717) is 36.0 Å². The van der Waals surface area contributed by atoms with Gasteiger partial charge in [-0.05, 0) is 49.4 Å². The molecule has 148 valence electrons. The normalized spacial score (nSPS) is 15.4. The number of methoxy groups -OCH3 is 1. The van der Waals surface area contributed by atoms with Crippen molar-refractivity contribution in [2.24, 2.45) is 5.92 Å². The Bertz CT molecular complexity index is 911. The van der Waals surface area contributed by atoms with Gasteiger partial charge in [0.2, 0.25) is 0 Å². The fourth-order valence-electron chi connectivity index (χ4n) is 3.76. The van der Waals surface area contributed by atoms with Crippen LogP contribution in [0.2, 0.25) is 0 Å². The van der Waals surface area contributed by atoms with Crippen molar-refractivity contribution in [2.45, 2.75) is 32.2 Å². The van der Waals surface area contributed by atoms with Crippen molar-refractivity contribution in [1.29, 1.82) is 0 Å². The first-order valence-electron chi connectivity index (χ1n) is 9.88. The molecule has 0 atom stereocenters. The van der Waals surface area contributed by atoms with Gasteiger partial charge in [-0.3, -0.25) is 9.48 Å². The molecule has 7 nitrogen and oxygen atoms in total. The van der Waals surface area contributed by atoms with Gasteiger partial charge < -0.3 is 14.1 Å². The number of ether oxygens (including phenoxy) is 1. The van der Waals surface area contributed by atoms with Crippen LogP contribution in [0.5, 0.6) is 0 Å². The van der Waals surface area contributed by atoms with Crippen LogP contribution in [-0.2, 0) is 17.7 Å². The van der Waals surface area contributed by atoms with Crippen molar-refractivity contribution in [3.05, 3.63) is 48.1 Å². The van der Waals surface area contributed by atoms with Crippen molar-refractivity contribution in [2.75, 3.05) is 26.8 Å². The highest BCUT2D eigenvalue weighted by molar-refractivity contribution is 5.97. The Hall–Kier alpha value is -2.67. The summed E-state index contributed by atoms with van der Waals surface area (Å²) < 4.78 is 12.8. The van der Waals surface area contributed by atoms with Crippen LogP contribution in [-0.4, -0.2) is 52.4 Å². The van der Waals surface area contributed by atoms with Crippen LogP contribution in [0.25, 0.3) is 11.1 Å². The number of rotatable bonds is 7. The summed E-state index contributed by atoms with van der Waals surface area (Å²) in [5.74, 6) is 1.36. The Labute approximate surface area is 164 Å². The zero-order valence-corrected chi connectivity index (χ0v) is 16.2. The predicted molar refractivity (Wildman–Crippen MR) is 105 cm³/mol. The van der Waals surface area contributed by atoms with Gasteiger partial charge in [0.1, 0.15) is 5.52 Å². The van der Waals surface area contributed by atoms with Crippen molar-refractivity contribution >= 4 is 17.0 Å². The van der Waals surface area contributed by atoms with Crippen LogP contribution in [0, 0.1) is 5.92 Å². The number of hydrogen-bond donors (Lipinski definition) is 0. The van der Waals surface area contributed by atoms with Gasteiger partial charge in [-0.25, -0.2) is 4.98 Å². The molecule has 1 aliphatic heterocycles. The summed E-state index contributed by atoms with van der Waals surface area (Å²) in [6, 6.07) is 7.47. The largest absolute Gasteiger partial charge is 0.441 e. The van der Waals surface area contributed by atoms with Crippen LogP contribution in [0.15, 0.2) is 41.1 Å². The quantitative estimate of drug-likeness (QED) is 0.628. The maximum absolute atomic E-state index is 12.9. The van der Waals surface area contributed by atoms with E-state index < -0.39 is 0 Å². The molecule has 0 aliphatic carbocycles. The van der Waals surface area contributed by atoms with E-state index >= 15 is 0 Å². The van der Waals surface area contributed by atoms with Gasteiger partial charge in [0.15, 0.2) is 11.5 Å². The molecule has 1 saturated heterocycles. The molecule has 0 spiro atoms. The Balaban J connectivity index is 1.34. The minimum absolute atomic E-state index is 0.0715. The molecule has 3 heterocycles. The molecule has 0 bridgehead atoms. The number of benzene rings is 1. The first kappa shape index (κ1) is 18.7. The van der Waals surface area contributed by atoms with E-state index in [4.69, 9.17) is 9.15 Å². The maximum Gasteiger partial charge on any atom is 0.253 e. The summed E-state index contributed by atoms with van der Waals surface area (Å²) in [6.45, 7) is 3.11. The second-order valence-electron chi connectivity index (χ2n) is 7.33. The molecule has 1 fully saturated rings. The fraction of sp³-hybridized carbons (Fsp3) is 0.476. The molecule has 3 aromatic rings. The summed E-state index contributed by atoms with van der Waals surface area (Å²) in [5.41, 5.74) is 2.10. The molecular weight excluding hydrogens is 356 g/mol. The maximum atomic E-state index is 12.9. The van der Waals surface area contributed by atoms with E-state index in [1.54, 1.807) is 7.11 Å². The third-order valence-corrected chi connectivity index (χ3v) is 5.43. The summed E-state index contributed by atoms with van der Waals surface area (Å²) in [7, 11) is 1.65. The zero-order valence-electron chi connectivity index (χ0n) is 16.2. The van der Waals surface area contributed by atoms with Crippen LogP contribution < -0.4 is 0 Å². The van der Waals surface area contributed by atoms with Gasteiger partial charge in [-0.15, -0.1) is 0 Å². The molecule has 0 N–H and O–H groups in total. The fourth-order valence-corrected chi connectivity index (χ4v) is 3.76. The van der Waals surface area contributed by atoms with E-state index in [1.165, 1.54) is 0 Å². The van der Waals surface area contributed by atoms with Gasteiger partial charge in [0.25, 0.3) is 5.91 Å². The van der Waals surface area contributed by atoms with Crippen LogP contribution in [0.4, 0.5) is 0 Å². The Morgan fingerprint density at radius 3 is 2.93 bits per heavy atom. The van der Waals surface area contributed by atoms with E-state index in [1.807, 2.05) is 46.2 Å². The van der Waals surface area contributed by atoms with Crippen molar-refractivity contribution < 1.29 is 13.9 Å². The standard InChI is InChI=1S/C21H26N4O3/c1-27-14-8-20-23-18-4-3-17(15-19(18)28-20)21(26)24-11-5-16(6-12-24)7-13-25-10-2-9-22-25/h2-4,9-10,15-16H,5-8,11-14H2,1H3. The molecule has 0 radical (unpaired) electrons. The number of aromatic nitrogens is 3. The van der Waals surface area contributed by atoms with Crippen molar-refractivity contribution in [1.82, 2.24) is 19.7 Å². The summed E-state index contributed by atoms with van der Waals surface area (Å²) in [4.78, 5) is 19.3. The second kappa shape index (κ2) is 8.56. The second-order valence-corrected chi connectivity index (χ2v) is 7.33. The Morgan fingerprint density at radius 2 is 2.18 bits per heavy atom. The molecular formula is C21H26N4O3. The van der Waals surface area contributed by atoms with Gasteiger partial charge >= 0.3 is 0 Å². The SMILES string of the molecule is COCCc1nc2ccc(C(=O)N3CCC(CCn4cccn4)CC3)cc2o1. The average molecular weight is 382 g/mol. The number of aryl methyl sites for hydroxylation is 1. The highest BCUT2D eigenvalue weighted by Gasteiger charge is 2.24. The van der Waals surface area contributed by atoms with Gasteiger partial charge in [-0.2, -0.15) is 5.10 Å². The summed E-state index contributed by atoms with van der Waals surface area (Å²) in [5, 5.41) is 4.26. The molecule has 1 amide bonds. The molecule has 0 saturated carbocycles. The summed E-state index contributed by atoms with van der Waals surface area (Å²) >= 11 is 0. The van der Waals surface area contributed by atoms with Gasteiger partial charge in [0.05, 0.1) is 6.61 Å². The lowest BCUT2D eigenvalue weighted by Crippen LogP contribution is -2.38. The third kappa shape index (κ3) is 4.25. The number of amides is 1. The highest BCUT2D eigenvalue weighted by Crippen LogP contribution is 2.24. The molecule has 28 heavy (non-hydrogen) atoms. The lowest BCUT2D eigenvalue weighted by atomic mass is 9.93. The van der Waals surface area contributed by atoms with E-state index in [2.05, 4.69) is 10.1 Å². The predicted octanol–water partition coefficient (Wildman–Crippen LogP) is 3.16. The molecule has 2 aromatic heterocycles. The topological polar surface area (TPSA) is 73.4 Å². The smallest absolute Gasteiger partial charge is 0.253 e. The number of carbonyl (C=O) groups excluding carboxylic acids is 1. The summed E-state index contributed by atoms with van der Waals surface area (Å²) in [6.07, 6.45) is 7.63.